The Hall–Kier alpha value is -0.910. The molecule has 0 radical (unpaired) electrons. The molecule has 4 nitrogen and oxygen atoms in total. The SMILES string of the molecule is Cc1cc(Br)ccc1NC(=O)CCNCC1CCCO1. The van der Waals surface area contributed by atoms with Crippen LogP contribution in [0.1, 0.15) is 24.8 Å². The lowest BCUT2D eigenvalue weighted by atomic mass is 10.2. The molecular weight excluding hydrogens is 320 g/mol. The minimum absolute atomic E-state index is 0.0373. The van der Waals surface area contributed by atoms with Crippen LogP contribution in [-0.2, 0) is 9.53 Å². The minimum atomic E-state index is 0.0373. The summed E-state index contributed by atoms with van der Waals surface area (Å²) in [7, 11) is 0. The van der Waals surface area contributed by atoms with Gasteiger partial charge >= 0.3 is 0 Å². The fourth-order valence-electron chi connectivity index (χ4n) is 2.25. The quantitative estimate of drug-likeness (QED) is 0.783. The summed E-state index contributed by atoms with van der Waals surface area (Å²) in [5, 5.41) is 6.21. The molecule has 1 heterocycles. The average Bonchev–Trinajstić information content (AvgIpc) is 2.91. The van der Waals surface area contributed by atoms with Gasteiger partial charge in [0.15, 0.2) is 0 Å². The first kappa shape index (κ1) is 15.5. The molecule has 1 aliphatic heterocycles. The van der Waals surface area contributed by atoms with E-state index in [0.29, 0.717) is 19.1 Å². The van der Waals surface area contributed by atoms with Gasteiger partial charge in [0.1, 0.15) is 0 Å². The fourth-order valence-corrected chi connectivity index (χ4v) is 2.73. The number of anilines is 1. The van der Waals surface area contributed by atoms with Gasteiger partial charge in [-0.2, -0.15) is 0 Å². The van der Waals surface area contributed by atoms with Gasteiger partial charge in [0.05, 0.1) is 6.10 Å². The van der Waals surface area contributed by atoms with Crippen LogP contribution in [0.3, 0.4) is 0 Å². The molecule has 20 heavy (non-hydrogen) atoms. The second kappa shape index (κ2) is 7.76. The first-order valence-corrected chi connectivity index (χ1v) is 7.83. The summed E-state index contributed by atoms with van der Waals surface area (Å²) in [6.45, 7) is 4.37. The van der Waals surface area contributed by atoms with Gasteiger partial charge < -0.3 is 15.4 Å². The lowest BCUT2D eigenvalue weighted by Gasteiger charge is -2.11. The van der Waals surface area contributed by atoms with Crippen molar-refractivity contribution in [2.24, 2.45) is 0 Å². The Morgan fingerprint density at radius 2 is 2.35 bits per heavy atom. The largest absolute Gasteiger partial charge is 0.377 e. The number of amides is 1. The van der Waals surface area contributed by atoms with Gasteiger partial charge in [0.25, 0.3) is 0 Å². The fraction of sp³-hybridized carbons (Fsp3) is 0.533. The zero-order chi connectivity index (χ0) is 14.4. The Morgan fingerprint density at radius 1 is 1.50 bits per heavy atom. The summed E-state index contributed by atoms with van der Waals surface area (Å²) < 4.78 is 6.53. The predicted molar refractivity (Wildman–Crippen MR) is 84.0 cm³/mol. The molecule has 0 aliphatic carbocycles. The second-order valence-corrected chi connectivity index (χ2v) is 6.01. The zero-order valence-corrected chi connectivity index (χ0v) is 13.3. The van der Waals surface area contributed by atoms with Crippen LogP contribution in [0.4, 0.5) is 5.69 Å². The highest BCUT2D eigenvalue weighted by Gasteiger charge is 2.14. The van der Waals surface area contributed by atoms with Crippen LogP contribution in [0.2, 0.25) is 0 Å². The van der Waals surface area contributed by atoms with E-state index in [1.807, 2.05) is 25.1 Å². The normalized spacial score (nSPS) is 18.2. The highest BCUT2D eigenvalue weighted by Crippen LogP contribution is 2.20. The van der Waals surface area contributed by atoms with Crippen molar-refractivity contribution in [3.63, 3.8) is 0 Å². The second-order valence-electron chi connectivity index (χ2n) is 5.10. The first-order valence-electron chi connectivity index (χ1n) is 7.03. The van der Waals surface area contributed by atoms with Gasteiger partial charge in [-0.1, -0.05) is 15.9 Å². The van der Waals surface area contributed by atoms with Crippen molar-refractivity contribution in [2.75, 3.05) is 25.0 Å². The standard InChI is InChI=1S/C15H21BrN2O2/c1-11-9-12(16)4-5-14(11)18-15(19)6-7-17-10-13-3-2-8-20-13/h4-5,9,13,17H,2-3,6-8,10H2,1H3,(H,18,19). The molecule has 1 atom stereocenters. The van der Waals surface area contributed by atoms with Crippen molar-refractivity contribution in [3.8, 4) is 0 Å². The van der Waals surface area contributed by atoms with Crippen molar-refractivity contribution >= 4 is 27.5 Å². The Balaban J connectivity index is 1.67. The van der Waals surface area contributed by atoms with Crippen LogP contribution < -0.4 is 10.6 Å². The molecule has 110 valence electrons. The van der Waals surface area contributed by atoms with Gasteiger partial charge in [0.2, 0.25) is 5.91 Å². The van der Waals surface area contributed by atoms with E-state index in [4.69, 9.17) is 4.74 Å². The number of ether oxygens (including phenoxy) is 1. The van der Waals surface area contributed by atoms with E-state index >= 15 is 0 Å². The Kier molecular flexibility index (Phi) is 6.01. The summed E-state index contributed by atoms with van der Waals surface area (Å²) in [5.74, 6) is 0.0373. The molecule has 1 amide bonds. The molecule has 0 saturated carbocycles. The maximum Gasteiger partial charge on any atom is 0.225 e. The van der Waals surface area contributed by atoms with Crippen molar-refractivity contribution in [3.05, 3.63) is 28.2 Å². The third-order valence-corrected chi connectivity index (χ3v) is 3.88. The molecular formula is C15H21BrN2O2. The van der Waals surface area contributed by atoms with E-state index < -0.39 is 0 Å². The number of carbonyl (C=O) groups excluding carboxylic acids is 1. The highest BCUT2D eigenvalue weighted by atomic mass is 79.9. The molecule has 1 unspecified atom stereocenters. The van der Waals surface area contributed by atoms with Crippen LogP contribution in [0.25, 0.3) is 0 Å². The molecule has 2 rings (SSSR count). The molecule has 1 aliphatic rings. The lowest BCUT2D eigenvalue weighted by Crippen LogP contribution is -2.29. The summed E-state index contributed by atoms with van der Waals surface area (Å²) in [6, 6.07) is 5.83. The van der Waals surface area contributed by atoms with Crippen LogP contribution >= 0.6 is 15.9 Å². The number of rotatable bonds is 6. The number of aryl methyl sites for hydroxylation is 1. The number of carbonyl (C=O) groups is 1. The molecule has 1 aromatic carbocycles. The third kappa shape index (κ3) is 4.89. The maximum atomic E-state index is 11.9. The van der Waals surface area contributed by atoms with Crippen molar-refractivity contribution in [1.82, 2.24) is 5.32 Å². The first-order chi connectivity index (χ1) is 9.65. The van der Waals surface area contributed by atoms with Gasteiger partial charge in [-0.3, -0.25) is 4.79 Å². The smallest absolute Gasteiger partial charge is 0.225 e. The topological polar surface area (TPSA) is 50.4 Å². The van der Waals surface area contributed by atoms with E-state index in [1.54, 1.807) is 0 Å². The average molecular weight is 341 g/mol. The van der Waals surface area contributed by atoms with Crippen LogP contribution in [0.5, 0.6) is 0 Å². The van der Waals surface area contributed by atoms with E-state index in [2.05, 4.69) is 26.6 Å². The maximum absolute atomic E-state index is 11.9. The Morgan fingerprint density at radius 3 is 3.05 bits per heavy atom. The Bertz CT molecular complexity index is 459. The summed E-state index contributed by atoms with van der Waals surface area (Å²) in [6.07, 6.45) is 3.07. The van der Waals surface area contributed by atoms with E-state index in [-0.39, 0.29) is 5.91 Å². The Labute approximate surface area is 128 Å². The molecule has 1 fully saturated rings. The predicted octanol–water partition coefficient (Wildman–Crippen LogP) is 2.85. The summed E-state index contributed by atoms with van der Waals surface area (Å²) in [5.41, 5.74) is 1.93. The van der Waals surface area contributed by atoms with Gasteiger partial charge in [-0.15, -0.1) is 0 Å². The van der Waals surface area contributed by atoms with Crippen LogP contribution in [0, 0.1) is 6.92 Å². The number of halogens is 1. The molecule has 0 spiro atoms. The number of hydrogen-bond donors (Lipinski definition) is 2. The molecule has 5 heteroatoms. The molecule has 1 saturated heterocycles. The van der Waals surface area contributed by atoms with Crippen molar-refractivity contribution in [1.29, 1.82) is 0 Å². The zero-order valence-electron chi connectivity index (χ0n) is 11.7. The van der Waals surface area contributed by atoms with Gasteiger partial charge in [-0.05, 0) is 43.5 Å². The molecule has 0 aromatic heterocycles. The van der Waals surface area contributed by atoms with Crippen molar-refractivity contribution < 1.29 is 9.53 Å². The van der Waals surface area contributed by atoms with Crippen LogP contribution in [-0.4, -0.2) is 31.7 Å². The highest BCUT2D eigenvalue weighted by molar-refractivity contribution is 9.10. The minimum Gasteiger partial charge on any atom is -0.377 e. The van der Waals surface area contributed by atoms with E-state index in [1.165, 1.54) is 0 Å². The van der Waals surface area contributed by atoms with Crippen molar-refractivity contribution in [2.45, 2.75) is 32.3 Å². The monoisotopic (exact) mass is 340 g/mol. The third-order valence-electron chi connectivity index (χ3n) is 3.39. The number of benzene rings is 1. The van der Waals surface area contributed by atoms with E-state index in [0.717, 1.165) is 41.7 Å². The lowest BCUT2D eigenvalue weighted by molar-refractivity contribution is -0.116. The van der Waals surface area contributed by atoms with E-state index in [9.17, 15) is 4.79 Å². The number of nitrogens with one attached hydrogen (secondary N) is 2. The van der Waals surface area contributed by atoms with Gasteiger partial charge in [0, 0.05) is 36.3 Å². The molecule has 1 aromatic rings. The van der Waals surface area contributed by atoms with Crippen LogP contribution in [0.15, 0.2) is 22.7 Å². The summed E-state index contributed by atoms with van der Waals surface area (Å²) >= 11 is 3.41. The molecule has 0 bridgehead atoms. The number of hydrogen-bond acceptors (Lipinski definition) is 3. The summed E-state index contributed by atoms with van der Waals surface area (Å²) in [4.78, 5) is 11.9. The van der Waals surface area contributed by atoms with Gasteiger partial charge in [-0.25, -0.2) is 0 Å². The molecule has 2 N–H and O–H groups in total.